The van der Waals surface area contributed by atoms with E-state index >= 15 is 0 Å². The Hall–Kier alpha value is -2.29. The van der Waals surface area contributed by atoms with E-state index in [1.807, 2.05) is 18.2 Å². The maximum Gasteiger partial charge on any atom is 0.221 e. The van der Waals surface area contributed by atoms with Gasteiger partial charge < -0.3 is 10.2 Å². The van der Waals surface area contributed by atoms with Gasteiger partial charge in [0.15, 0.2) is 0 Å². The van der Waals surface area contributed by atoms with Gasteiger partial charge in [0.05, 0.1) is 0 Å². The lowest BCUT2D eigenvalue weighted by atomic mass is 10.1. The zero-order valence-electron chi connectivity index (χ0n) is 14.1. The summed E-state index contributed by atoms with van der Waals surface area (Å²) >= 11 is 0. The zero-order chi connectivity index (χ0) is 16.5. The van der Waals surface area contributed by atoms with Crippen molar-refractivity contribution in [1.82, 2.24) is 5.32 Å². The molecule has 0 atom stereocenters. The number of nitrogens with zero attached hydrogens (tertiary/aromatic N) is 1. The second-order valence-electron chi connectivity index (χ2n) is 5.75. The number of hydrogen-bond donors (Lipinski definition) is 1. The predicted octanol–water partition coefficient (Wildman–Crippen LogP) is 3.57. The molecule has 0 aliphatic carbocycles. The standard InChI is InChI=1S/C20H26N2O/c1-3-22(19-11-7-8-17(2)16-19)15-13-20(23)21-14-12-18-9-5-4-6-10-18/h4-11,16H,3,12-15H2,1-2H3,(H,21,23). The molecular weight excluding hydrogens is 284 g/mol. The van der Waals surface area contributed by atoms with E-state index in [2.05, 4.69) is 60.5 Å². The SMILES string of the molecule is CCN(CCC(=O)NCCc1ccccc1)c1cccc(C)c1. The molecule has 0 spiro atoms. The molecule has 0 aliphatic heterocycles. The summed E-state index contributed by atoms with van der Waals surface area (Å²) < 4.78 is 0. The van der Waals surface area contributed by atoms with Crippen molar-refractivity contribution in [2.75, 3.05) is 24.5 Å². The van der Waals surface area contributed by atoms with Crippen molar-refractivity contribution < 1.29 is 4.79 Å². The number of carbonyl (C=O) groups excluding carboxylic acids is 1. The molecule has 2 aromatic carbocycles. The number of rotatable bonds is 8. The fraction of sp³-hybridized carbons (Fsp3) is 0.350. The van der Waals surface area contributed by atoms with Crippen molar-refractivity contribution >= 4 is 11.6 Å². The molecule has 0 heterocycles. The monoisotopic (exact) mass is 310 g/mol. The number of hydrogen-bond acceptors (Lipinski definition) is 2. The van der Waals surface area contributed by atoms with E-state index in [0.717, 1.165) is 19.5 Å². The molecule has 0 radical (unpaired) electrons. The summed E-state index contributed by atoms with van der Waals surface area (Å²) in [4.78, 5) is 14.3. The Morgan fingerprint density at radius 2 is 1.87 bits per heavy atom. The highest BCUT2D eigenvalue weighted by molar-refractivity contribution is 5.76. The third kappa shape index (κ3) is 5.78. The van der Waals surface area contributed by atoms with Crippen molar-refractivity contribution in [3.8, 4) is 0 Å². The maximum atomic E-state index is 12.0. The quantitative estimate of drug-likeness (QED) is 0.808. The Morgan fingerprint density at radius 3 is 2.57 bits per heavy atom. The summed E-state index contributed by atoms with van der Waals surface area (Å²) in [6.07, 6.45) is 1.40. The van der Waals surface area contributed by atoms with Gasteiger partial charge in [-0.3, -0.25) is 4.79 Å². The molecule has 2 aromatic rings. The number of aryl methyl sites for hydroxylation is 1. The van der Waals surface area contributed by atoms with Crippen molar-refractivity contribution in [3.05, 3.63) is 65.7 Å². The number of benzene rings is 2. The third-order valence-electron chi connectivity index (χ3n) is 3.94. The van der Waals surface area contributed by atoms with Crippen molar-refractivity contribution in [3.63, 3.8) is 0 Å². The molecule has 3 nitrogen and oxygen atoms in total. The van der Waals surface area contributed by atoms with Crippen LogP contribution < -0.4 is 10.2 Å². The van der Waals surface area contributed by atoms with Crippen LogP contribution in [0.2, 0.25) is 0 Å². The van der Waals surface area contributed by atoms with Gasteiger partial charge in [0.25, 0.3) is 0 Å². The minimum atomic E-state index is 0.118. The fourth-order valence-electron chi connectivity index (χ4n) is 2.61. The van der Waals surface area contributed by atoms with Crippen LogP contribution in [0.25, 0.3) is 0 Å². The Morgan fingerprint density at radius 1 is 1.09 bits per heavy atom. The van der Waals surface area contributed by atoms with E-state index < -0.39 is 0 Å². The first kappa shape index (κ1) is 17.1. The topological polar surface area (TPSA) is 32.3 Å². The largest absolute Gasteiger partial charge is 0.371 e. The molecule has 0 aliphatic rings. The first-order valence-electron chi connectivity index (χ1n) is 8.31. The molecule has 0 fully saturated rings. The van der Waals surface area contributed by atoms with E-state index in [1.165, 1.54) is 16.8 Å². The second kappa shape index (κ2) is 8.99. The molecule has 0 saturated carbocycles. The Labute approximate surface area is 139 Å². The highest BCUT2D eigenvalue weighted by atomic mass is 16.1. The minimum absolute atomic E-state index is 0.118. The first-order chi connectivity index (χ1) is 11.2. The fourth-order valence-corrected chi connectivity index (χ4v) is 2.61. The molecule has 0 bridgehead atoms. The molecule has 2 rings (SSSR count). The van der Waals surface area contributed by atoms with Gasteiger partial charge in [0.2, 0.25) is 5.91 Å². The first-order valence-corrected chi connectivity index (χ1v) is 8.31. The van der Waals surface area contributed by atoms with Gasteiger partial charge in [-0.05, 0) is 43.5 Å². The highest BCUT2D eigenvalue weighted by Crippen LogP contribution is 2.15. The van der Waals surface area contributed by atoms with Gasteiger partial charge in [-0.25, -0.2) is 0 Å². The molecule has 23 heavy (non-hydrogen) atoms. The molecule has 1 N–H and O–H groups in total. The summed E-state index contributed by atoms with van der Waals surface area (Å²) in [5.74, 6) is 0.118. The van der Waals surface area contributed by atoms with Crippen LogP contribution >= 0.6 is 0 Å². The lowest BCUT2D eigenvalue weighted by Gasteiger charge is -2.23. The smallest absolute Gasteiger partial charge is 0.221 e. The summed E-state index contributed by atoms with van der Waals surface area (Å²) in [6, 6.07) is 18.6. The average Bonchev–Trinajstić information content (AvgIpc) is 2.56. The normalized spacial score (nSPS) is 10.3. The molecule has 3 heteroatoms. The van der Waals surface area contributed by atoms with Gasteiger partial charge >= 0.3 is 0 Å². The lowest BCUT2D eigenvalue weighted by Crippen LogP contribution is -2.31. The van der Waals surface area contributed by atoms with Crippen LogP contribution in [-0.2, 0) is 11.2 Å². The number of carbonyl (C=O) groups is 1. The van der Waals surface area contributed by atoms with E-state index in [-0.39, 0.29) is 5.91 Å². The Balaban J connectivity index is 1.74. The molecule has 0 aromatic heterocycles. The summed E-state index contributed by atoms with van der Waals surface area (Å²) in [5.41, 5.74) is 3.68. The molecule has 0 unspecified atom stereocenters. The lowest BCUT2D eigenvalue weighted by molar-refractivity contribution is -0.120. The third-order valence-corrected chi connectivity index (χ3v) is 3.94. The van der Waals surface area contributed by atoms with Crippen LogP contribution in [0.4, 0.5) is 5.69 Å². The molecular formula is C20H26N2O. The van der Waals surface area contributed by atoms with Crippen LogP contribution in [0.15, 0.2) is 54.6 Å². The number of nitrogens with one attached hydrogen (secondary N) is 1. The molecule has 1 amide bonds. The van der Waals surface area contributed by atoms with Gasteiger partial charge in [-0.2, -0.15) is 0 Å². The van der Waals surface area contributed by atoms with Gasteiger partial charge in [0.1, 0.15) is 0 Å². The number of anilines is 1. The zero-order valence-corrected chi connectivity index (χ0v) is 14.1. The van der Waals surface area contributed by atoms with Crippen LogP contribution in [0.3, 0.4) is 0 Å². The molecule has 122 valence electrons. The van der Waals surface area contributed by atoms with E-state index in [1.54, 1.807) is 0 Å². The van der Waals surface area contributed by atoms with Gasteiger partial charge in [-0.1, -0.05) is 42.5 Å². The summed E-state index contributed by atoms with van der Waals surface area (Å²) in [7, 11) is 0. The molecule has 0 saturated heterocycles. The van der Waals surface area contributed by atoms with E-state index in [4.69, 9.17) is 0 Å². The predicted molar refractivity (Wildman–Crippen MR) is 96.8 cm³/mol. The summed E-state index contributed by atoms with van der Waals surface area (Å²) in [6.45, 7) is 6.56. The van der Waals surface area contributed by atoms with Crippen LogP contribution in [0.5, 0.6) is 0 Å². The van der Waals surface area contributed by atoms with Crippen LogP contribution in [0, 0.1) is 6.92 Å². The Bertz CT molecular complexity index is 610. The number of amides is 1. The average molecular weight is 310 g/mol. The maximum absolute atomic E-state index is 12.0. The Kier molecular flexibility index (Phi) is 6.67. The van der Waals surface area contributed by atoms with E-state index in [0.29, 0.717) is 13.0 Å². The van der Waals surface area contributed by atoms with Crippen LogP contribution in [-0.4, -0.2) is 25.5 Å². The van der Waals surface area contributed by atoms with E-state index in [9.17, 15) is 4.79 Å². The van der Waals surface area contributed by atoms with Crippen molar-refractivity contribution in [2.45, 2.75) is 26.7 Å². The highest BCUT2D eigenvalue weighted by Gasteiger charge is 2.07. The van der Waals surface area contributed by atoms with Crippen LogP contribution in [0.1, 0.15) is 24.5 Å². The second-order valence-corrected chi connectivity index (χ2v) is 5.75. The van der Waals surface area contributed by atoms with Crippen molar-refractivity contribution in [1.29, 1.82) is 0 Å². The minimum Gasteiger partial charge on any atom is -0.371 e. The van der Waals surface area contributed by atoms with Gasteiger partial charge in [-0.15, -0.1) is 0 Å². The summed E-state index contributed by atoms with van der Waals surface area (Å²) in [5, 5.41) is 3.01. The van der Waals surface area contributed by atoms with Gasteiger partial charge in [0, 0.05) is 31.7 Å². The van der Waals surface area contributed by atoms with Crippen molar-refractivity contribution in [2.24, 2.45) is 0 Å².